The SMILES string of the molecule is Cc1ccccc1CN(C)C(=O)c1cccnc1Br. The molecule has 0 aliphatic rings. The van der Waals surface area contributed by atoms with E-state index in [0.717, 1.165) is 5.56 Å². The maximum Gasteiger partial charge on any atom is 0.256 e. The van der Waals surface area contributed by atoms with Gasteiger partial charge in [-0.15, -0.1) is 0 Å². The number of aryl methyl sites for hydroxylation is 1. The summed E-state index contributed by atoms with van der Waals surface area (Å²) in [4.78, 5) is 18.1. The van der Waals surface area contributed by atoms with Crippen molar-refractivity contribution in [2.45, 2.75) is 13.5 Å². The van der Waals surface area contributed by atoms with Gasteiger partial charge in [-0.05, 0) is 46.1 Å². The lowest BCUT2D eigenvalue weighted by molar-refractivity contribution is 0.0783. The van der Waals surface area contributed by atoms with Crippen LogP contribution >= 0.6 is 15.9 Å². The molecule has 0 spiro atoms. The Bertz CT molecular complexity index is 598. The van der Waals surface area contributed by atoms with Crippen molar-refractivity contribution in [2.24, 2.45) is 0 Å². The number of nitrogens with zero attached hydrogens (tertiary/aromatic N) is 2. The lowest BCUT2D eigenvalue weighted by Crippen LogP contribution is -2.27. The molecule has 2 aromatic rings. The first-order valence-corrected chi connectivity index (χ1v) is 6.79. The second-order valence-electron chi connectivity index (χ2n) is 4.43. The number of amides is 1. The summed E-state index contributed by atoms with van der Waals surface area (Å²) in [5, 5.41) is 0. The molecule has 4 heteroatoms. The molecule has 0 aliphatic carbocycles. The topological polar surface area (TPSA) is 33.2 Å². The first-order valence-electron chi connectivity index (χ1n) is 6.00. The van der Waals surface area contributed by atoms with Gasteiger partial charge in [-0.3, -0.25) is 4.79 Å². The fourth-order valence-corrected chi connectivity index (χ4v) is 2.29. The van der Waals surface area contributed by atoms with Crippen LogP contribution in [0.1, 0.15) is 21.5 Å². The van der Waals surface area contributed by atoms with Gasteiger partial charge in [0.1, 0.15) is 4.60 Å². The molecule has 1 heterocycles. The fraction of sp³-hybridized carbons (Fsp3) is 0.200. The molecule has 0 N–H and O–H groups in total. The Morgan fingerprint density at radius 1 is 1.26 bits per heavy atom. The number of halogens is 1. The van der Waals surface area contributed by atoms with Crippen LogP contribution in [0.15, 0.2) is 47.2 Å². The molecule has 0 atom stereocenters. The lowest BCUT2D eigenvalue weighted by Gasteiger charge is -2.19. The average molecular weight is 319 g/mol. The van der Waals surface area contributed by atoms with Crippen LogP contribution in [0.2, 0.25) is 0 Å². The van der Waals surface area contributed by atoms with Crippen molar-refractivity contribution in [2.75, 3.05) is 7.05 Å². The highest BCUT2D eigenvalue weighted by Gasteiger charge is 2.15. The van der Waals surface area contributed by atoms with Gasteiger partial charge < -0.3 is 4.90 Å². The summed E-state index contributed by atoms with van der Waals surface area (Å²) in [6, 6.07) is 11.6. The van der Waals surface area contributed by atoms with Crippen molar-refractivity contribution in [3.63, 3.8) is 0 Å². The standard InChI is InChI=1S/C15H15BrN2O/c1-11-6-3-4-7-12(11)10-18(2)15(19)13-8-5-9-17-14(13)16/h3-9H,10H2,1-2H3. The van der Waals surface area contributed by atoms with Gasteiger partial charge in [0, 0.05) is 19.8 Å². The molecule has 0 unspecified atom stereocenters. The molecular weight excluding hydrogens is 304 g/mol. The number of hydrogen-bond donors (Lipinski definition) is 0. The summed E-state index contributed by atoms with van der Waals surface area (Å²) in [6.45, 7) is 2.64. The van der Waals surface area contributed by atoms with Gasteiger partial charge in [-0.1, -0.05) is 24.3 Å². The summed E-state index contributed by atoms with van der Waals surface area (Å²) < 4.78 is 0.580. The van der Waals surface area contributed by atoms with Gasteiger partial charge in [0.2, 0.25) is 0 Å². The molecule has 98 valence electrons. The summed E-state index contributed by atoms with van der Waals surface area (Å²) >= 11 is 3.31. The molecule has 19 heavy (non-hydrogen) atoms. The van der Waals surface area contributed by atoms with Gasteiger partial charge in [-0.2, -0.15) is 0 Å². The Morgan fingerprint density at radius 2 is 2.00 bits per heavy atom. The number of carbonyl (C=O) groups is 1. The zero-order valence-electron chi connectivity index (χ0n) is 10.9. The fourth-order valence-electron chi connectivity index (χ4n) is 1.87. The van der Waals surface area contributed by atoms with Crippen LogP contribution in [0.25, 0.3) is 0 Å². The predicted octanol–water partition coefficient (Wildman–Crippen LogP) is 3.42. The van der Waals surface area contributed by atoms with Gasteiger partial charge in [0.05, 0.1) is 5.56 Å². The third-order valence-corrected chi connectivity index (χ3v) is 3.64. The minimum absolute atomic E-state index is 0.0387. The highest BCUT2D eigenvalue weighted by Crippen LogP contribution is 2.16. The number of benzene rings is 1. The van der Waals surface area contributed by atoms with Crippen LogP contribution in [0, 0.1) is 6.92 Å². The Morgan fingerprint density at radius 3 is 2.68 bits per heavy atom. The van der Waals surface area contributed by atoms with Crippen LogP contribution in [-0.2, 0) is 6.54 Å². The smallest absolute Gasteiger partial charge is 0.256 e. The van der Waals surface area contributed by atoms with Crippen molar-refractivity contribution >= 4 is 21.8 Å². The van der Waals surface area contributed by atoms with Crippen LogP contribution in [0.5, 0.6) is 0 Å². The summed E-state index contributed by atoms with van der Waals surface area (Å²) in [6.07, 6.45) is 1.65. The monoisotopic (exact) mass is 318 g/mol. The summed E-state index contributed by atoms with van der Waals surface area (Å²) in [5.41, 5.74) is 2.92. The van der Waals surface area contributed by atoms with Gasteiger partial charge in [0.15, 0.2) is 0 Å². The zero-order valence-corrected chi connectivity index (χ0v) is 12.5. The molecule has 0 saturated heterocycles. The minimum atomic E-state index is -0.0387. The summed E-state index contributed by atoms with van der Waals surface area (Å²) in [7, 11) is 1.80. The van der Waals surface area contributed by atoms with Crippen molar-refractivity contribution in [1.82, 2.24) is 9.88 Å². The largest absolute Gasteiger partial charge is 0.337 e. The Hall–Kier alpha value is -1.68. The third kappa shape index (κ3) is 3.20. The molecule has 3 nitrogen and oxygen atoms in total. The molecule has 0 aliphatic heterocycles. The van der Waals surface area contributed by atoms with E-state index >= 15 is 0 Å². The van der Waals surface area contributed by atoms with E-state index in [4.69, 9.17) is 0 Å². The van der Waals surface area contributed by atoms with E-state index in [0.29, 0.717) is 16.7 Å². The average Bonchev–Trinajstić information content (AvgIpc) is 2.41. The van der Waals surface area contributed by atoms with E-state index < -0.39 is 0 Å². The maximum atomic E-state index is 12.3. The van der Waals surface area contributed by atoms with Crippen LogP contribution in [0.3, 0.4) is 0 Å². The maximum absolute atomic E-state index is 12.3. The van der Waals surface area contributed by atoms with Crippen molar-refractivity contribution in [1.29, 1.82) is 0 Å². The number of hydrogen-bond acceptors (Lipinski definition) is 2. The Kier molecular flexibility index (Phi) is 4.32. The minimum Gasteiger partial charge on any atom is -0.337 e. The molecule has 0 fully saturated rings. The molecule has 2 rings (SSSR count). The molecule has 0 bridgehead atoms. The first-order chi connectivity index (χ1) is 9.09. The van der Waals surface area contributed by atoms with E-state index in [2.05, 4.69) is 20.9 Å². The van der Waals surface area contributed by atoms with Gasteiger partial charge in [0.25, 0.3) is 5.91 Å². The molecule has 0 saturated carbocycles. The number of carbonyl (C=O) groups excluding carboxylic acids is 1. The zero-order chi connectivity index (χ0) is 13.8. The molecule has 1 aromatic heterocycles. The van der Waals surface area contributed by atoms with Gasteiger partial charge in [-0.25, -0.2) is 4.98 Å². The van der Waals surface area contributed by atoms with Crippen LogP contribution < -0.4 is 0 Å². The highest BCUT2D eigenvalue weighted by atomic mass is 79.9. The number of pyridine rings is 1. The Labute approximate surface area is 121 Å². The van der Waals surface area contributed by atoms with Crippen molar-refractivity contribution < 1.29 is 4.79 Å². The predicted molar refractivity (Wildman–Crippen MR) is 78.9 cm³/mol. The van der Waals surface area contributed by atoms with Crippen LogP contribution in [0.4, 0.5) is 0 Å². The second kappa shape index (κ2) is 5.97. The first kappa shape index (κ1) is 13.7. The van der Waals surface area contributed by atoms with E-state index in [-0.39, 0.29) is 5.91 Å². The van der Waals surface area contributed by atoms with Gasteiger partial charge >= 0.3 is 0 Å². The third-order valence-electron chi connectivity index (χ3n) is 3.00. The lowest BCUT2D eigenvalue weighted by atomic mass is 10.1. The van der Waals surface area contributed by atoms with E-state index in [1.807, 2.05) is 31.2 Å². The van der Waals surface area contributed by atoms with Crippen molar-refractivity contribution in [3.05, 3.63) is 63.9 Å². The normalized spacial score (nSPS) is 10.3. The van der Waals surface area contributed by atoms with Crippen molar-refractivity contribution in [3.8, 4) is 0 Å². The molecular formula is C15H15BrN2O. The molecule has 1 aromatic carbocycles. The van der Waals surface area contributed by atoms with E-state index in [1.54, 1.807) is 30.3 Å². The molecule has 1 amide bonds. The second-order valence-corrected chi connectivity index (χ2v) is 5.18. The summed E-state index contributed by atoms with van der Waals surface area (Å²) in [5.74, 6) is -0.0387. The van der Waals surface area contributed by atoms with E-state index in [9.17, 15) is 4.79 Å². The van der Waals surface area contributed by atoms with E-state index in [1.165, 1.54) is 5.56 Å². The van der Waals surface area contributed by atoms with Crippen LogP contribution in [-0.4, -0.2) is 22.8 Å². The Balaban J connectivity index is 2.17. The number of aromatic nitrogens is 1. The molecule has 0 radical (unpaired) electrons. The number of rotatable bonds is 3. The highest BCUT2D eigenvalue weighted by molar-refractivity contribution is 9.10. The quantitative estimate of drug-likeness (QED) is 0.812.